The van der Waals surface area contributed by atoms with Crippen molar-refractivity contribution in [2.24, 2.45) is 5.92 Å². The molecule has 142 valence electrons. The van der Waals surface area contributed by atoms with Crippen LogP contribution in [0.5, 0.6) is 5.75 Å². The number of β-lactam (4-membered cyclic amide) rings is 1. The largest absolute Gasteiger partial charge is 0.473 e. The van der Waals surface area contributed by atoms with Gasteiger partial charge in [-0.15, -0.1) is 11.8 Å². The molecule has 1 aliphatic rings. The minimum absolute atomic E-state index is 0.0237. The van der Waals surface area contributed by atoms with Gasteiger partial charge < -0.3 is 4.74 Å². The number of nitro groups is 1. The van der Waals surface area contributed by atoms with Gasteiger partial charge in [0.1, 0.15) is 5.75 Å². The van der Waals surface area contributed by atoms with Crippen LogP contribution in [0.1, 0.15) is 25.3 Å². The molecule has 1 heterocycles. The van der Waals surface area contributed by atoms with Crippen LogP contribution in [0.15, 0.2) is 53.4 Å². The number of carbonyl (C=O) groups is 1. The van der Waals surface area contributed by atoms with Crippen molar-refractivity contribution < 1.29 is 14.5 Å². The fourth-order valence-electron chi connectivity index (χ4n) is 3.02. The molecule has 0 saturated carbocycles. The van der Waals surface area contributed by atoms with Crippen LogP contribution in [-0.4, -0.2) is 27.8 Å². The molecule has 1 aliphatic heterocycles. The number of ether oxygens (including phenoxy) is 1. The van der Waals surface area contributed by atoms with Crippen LogP contribution in [0.25, 0.3) is 0 Å². The predicted molar refractivity (Wildman–Crippen MR) is 105 cm³/mol. The molecule has 0 bridgehead atoms. The molecule has 2 aromatic rings. The van der Waals surface area contributed by atoms with E-state index in [1.54, 1.807) is 28.8 Å². The lowest BCUT2D eigenvalue weighted by Crippen LogP contribution is -2.60. The van der Waals surface area contributed by atoms with Gasteiger partial charge in [-0.3, -0.25) is 19.8 Å². The molecule has 0 aromatic heterocycles. The maximum absolute atomic E-state index is 12.5. The summed E-state index contributed by atoms with van der Waals surface area (Å²) in [5.74, 6) is 0.784. The van der Waals surface area contributed by atoms with Crippen LogP contribution in [0.3, 0.4) is 0 Å². The zero-order valence-electron chi connectivity index (χ0n) is 15.3. The number of hydrogen-bond acceptors (Lipinski definition) is 5. The summed E-state index contributed by atoms with van der Waals surface area (Å²) >= 11 is 1.55. The minimum atomic E-state index is -0.414. The number of hydrogen-bond donors (Lipinski definition) is 0. The van der Waals surface area contributed by atoms with Gasteiger partial charge in [0.2, 0.25) is 5.91 Å². The maximum atomic E-state index is 12.5. The van der Waals surface area contributed by atoms with Gasteiger partial charge in [-0.2, -0.15) is 0 Å². The lowest BCUT2D eigenvalue weighted by Gasteiger charge is -2.46. The minimum Gasteiger partial charge on any atom is -0.473 e. The Labute approximate surface area is 162 Å². The van der Waals surface area contributed by atoms with E-state index in [1.807, 2.05) is 31.2 Å². The van der Waals surface area contributed by atoms with E-state index >= 15 is 0 Å². The number of non-ortho nitro benzene ring substituents is 1. The highest BCUT2D eigenvalue weighted by Gasteiger charge is 2.47. The summed E-state index contributed by atoms with van der Waals surface area (Å²) in [5, 5.41) is 10.8. The third-order valence-electron chi connectivity index (χ3n) is 4.55. The molecule has 0 spiro atoms. The molecule has 6 nitrogen and oxygen atoms in total. The first-order valence-electron chi connectivity index (χ1n) is 8.90. The van der Waals surface area contributed by atoms with E-state index in [4.69, 9.17) is 4.74 Å². The Bertz CT molecular complexity index is 808. The quantitative estimate of drug-likeness (QED) is 0.376. The highest BCUT2D eigenvalue weighted by molar-refractivity contribution is 8.00. The van der Waals surface area contributed by atoms with Crippen molar-refractivity contribution in [3.63, 3.8) is 0 Å². The van der Waals surface area contributed by atoms with Gasteiger partial charge in [-0.25, -0.2) is 0 Å². The average Bonchev–Trinajstić information content (AvgIpc) is 2.67. The molecule has 1 saturated heterocycles. The van der Waals surface area contributed by atoms with Gasteiger partial charge in [0.05, 0.1) is 16.2 Å². The molecule has 1 fully saturated rings. The smallest absolute Gasteiger partial charge is 0.269 e. The number of carbonyl (C=O) groups excluding carboxylic acids is 1. The SMILES string of the molecule is CCCC1C(=O)N(COc2ccc(C)cc2)C1Sc1ccc([N+](=O)[O-])cc1. The molecule has 1 amide bonds. The Hall–Kier alpha value is -2.54. The summed E-state index contributed by atoms with van der Waals surface area (Å²) in [6.07, 6.45) is 1.75. The normalized spacial score (nSPS) is 18.9. The second-order valence-corrected chi connectivity index (χ2v) is 7.74. The molecule has 3 rings (SSSR count). The molecule has 0 radical (unpaired) electrons. The van der Waals surface area contributed by atoms with Crippen molar-refractivity contribution >= 4 is 23.4 Å². The van der Waals surface area contributed by atoms with E-state index in [1.165, 1.54) is 12.1 Å². The molecular formula is C20H22N2O4S. The zero-order chi connectivity index (χ0) is 19.4. The van der Waals surface area contributed by atoms with Crippen molar-refractivity contribution in [3.8, 4) is 5.75 Å². The first kappa shape index (κ1) is 19.2. The second kappa shape index (κ2) is 8.43. The van der Waals surface area contributed by atoms with Crippen LogP contribution < -0.4 is 4.74 Å². The van der Waals surface area contributed by atoms with E-state index in [2.05, 4.69) is 6.92 Å². The van der Waals surface area contributed by atoms with Crippen molar-refractivity contribution in [1.82, 2.24) is 4.90 Å². The van der Waals surface area contributed by atoms with Gasteiger partial charge in [-0.1, -0.05) is 31.0 Å². The maximum Gasteiger partial charge on any atom is 0.269 e. The fraction of sp³-hybridized carbons (Fsp3) is 0.350. The molecule has 2 aromatic carbocycles. The number of rotatable bonds is 8. The number of aryl methyl sites for hydroxylation is 1. The summed E-state index contributed by atoms with van der Waals surface area (Å²) in [7, 11) is 0. The van der Waals surface area contributed by atoms with Crippen molar-refractivity contribution in [2.75, 3.05) is 6.73 Å². The number of benzene rings is 2. The van der Waals surface area contributed by atoms with Gasteiger partial charge in [0.15, 0.2) is 6.73 Å². The summed E-state index contributed by atoms with van der Waals surface area (Å²) in [5.41, 5.74) is 1.21. The molecule has 2 atom stereocenters. The average molecular weight is 386 g/mol. The van der Waals surface area contributed by atoms with Gasteiger partial charge in [0.25, 0.3) is 5.69 Å². The Morgan fingerprint density at radius 2 is 1.81 bits per heavy atom. The monoisotopic (exact) mass is 386 g/mol. The van der Waals surface area contributed by atoms with Gasteiger partial charge in [-0.05, 0) is 37.6 Å². The van der Waals surface area contributed by atoms with Gasteiger partial charge in [0, 0.05) is 17.0 Å². The number of nitro benzene ring substituents is 1. The standard InChI is InChI=1S/C20H22N2O4S/c1-3-4-18-19(23)21(13-26-16-9-5-14(2)6-10-16)20(18)27-17-11-7-15(8-12-17)22(24)25/h5-12,18,20H,3-4,13H2,1-2H3. The molecule has 0 aliphatic carbocycles. The summed E-state index contributed by atoms with van der Waals surface area (Å²) in [6.45, 7) is 4.27. The van der Waals surface area contributed by atoms with E-state index in [0.29, 0.717) is 0 Å². The van der Waals surface area contributed by atoms with Crippen LogP contribution in [-0.2, 0) is 4.79 Å². The number of nitrogens with zero attached hydrogens (tertiary/aromatic N) is 2. The predicted octanol–water partition coefficient (Wildman–Crippen LogP) is 4.62. The highest BCUT2D eigenvalue weighted by Crippen LogP contribution is 2.41. The first-order chi connectivity index (χ1) is 13.0. The van der Waals surface area contributed by atoms with E-state index in [-0.39, 0.29) is 29.6 Å². The van der Waals surface area contributed by atoms with Crippen LogP contribution in [0, 0.1) is 23.0 Å². The molecule has 0 N–H and O–H groups in total. The highest BCUT2D eigenvalue weighted by atomic mass is 32.2. The van der Waals surface area contributed by atoms with E-state index < -0.39 is 4.92 Å². The third kappa shape index (κ3) is 4.42. The zero-order valence-corrected chi connectivity index (χ0v) is 16.1. The molecule has 2 unspecified atom stereocenters. The Kier molecular flexibility index (Phi) is 6.01. The Balaban J connectivity index is 1.67. The molecule has 7 heteroatoms. The lowest BCUT2D eigenvalue weighted by atomic mass is 9.94. The summed E-state index contributed by atoms with van der Waals surface area (Å²) in [6, 6.07) is 14.2. The lowest BCUT2D eigenvalue weighted by molar-refractivity contribution is -0.384. The van der Waals surface area contributed by atoms with Crippen molar-refractivity contribution in [2.45, 2.75) is 37.0 Å². The van der Waals surface area contributed by atoms with Crippen LogP contribution in [0.2, 0.25) is 0 Å². The molecule has 27 heavy (non-hydrogen) atoms. The summed E-state index contributed by atoms with van der Waals surface area (Å²) < 4.78 is 5.78. The molecular weight excluding hydrogens is 364 g/mol. The van der Waals surface area contributed by atoms with Crippen LogP contribution in [0.4, 0.5) is 5.69 Å². The second-order valence-electron chi connectivity index (χ2n) is 6.55. The number of likely N-dealkylation sites (tertiary alicyclic amines) is 1. The topological polar surface area (TPSA) is 72.7 Å². The Morgan fingerprint density at radius 1 is 1.15 bits per heavy atom. The first-order valence-corrected chi connectivity index (χ1v) is 9.78. The third-order valence-corrected chi connectivity index (χ3v) is 5.92. The number of amides is 1. The fourth-order valence-corrected chi connectivity index (χ4v) is 4.30. The van der Waals surface area contributed by atoms with Gasteiger partial charge >= 0.3 is 0 Å². The summed E-state index contributed by atoms with van der Waals surface area (Å²) in [4.78, 5) is 25.5. The van der Waals surface area contributed by atoms with Crippen LogP contribution >= 0.6 is 11.8 Å². The van der Waals surface area contributed by atoms with Crippen molar-refractivity contribution in [1.29, 1.82) is 0 Å². The van der Waals surface area contributed by atoms with E-state index in [0.717, 1.165) is 29.1 Å². The number of thioether (sulfide) groups is 1. The van der Waals surface area contributed by atoms with E-state index in [9.17, 15) is 14.9 Å². The Morgan fingerprint density at radius 3 is 2.41 bits per heavy atom. The van der Waals surface area contributed by atoms with Crippen molar-refractivity contribution in [3.05, 3.63) is 64.2 Å².